The molecule has 2 aliphatic heterocycles. The summed E-state index contributed by atoms with van der Waals surface area (Å²) in [6, 6.07) is 16.3. The zero-order valence-corrected chi connectivity index (χ0v) is 23.1. The van der Waals surface area contributed by atoms with Gasteiger partial charge in [-0.25, -0.2) is 4.79 Å². The van der Waals surface area contributed by atoms with Crippen LogP contribution in [-0.2, 0) is 28.2 Å². The van der Waals surface area contributed by atoms with E-state index in [1.807, 2.05) is 43.4 Å². The molecule has 2 heterocycles. The molecule has 10 nitrogen and oxygen atoms in total. The quantitative estimate of drug-likeness (QED) is 0.0885. The molecule has 0 aromatic heterocycles. The molecule has 202 valence electrons. The van der Waals surface area contributed by atoms with Gasteiger partial charge in [0.05, 0.1) is 6.61 Å². The Hall–Kier alpha value is -3.05. The summed E-state index contributed by atoms with van der Waals surface area (Å²) in [5.74, 6) is -1.90. The fourth-order valence-electron chi connectivity index (χ4n) is 4.11. The highest BCUT2D eigenvalue weighted by atomic mass is 28.4. The molecular weight excluding hydrogens is 506 g/mol. The molecule has 2 aromatic carbocycles. The van der Waals surface area contributed by atoms with Gasteiger partial charge in [0.2, 0.25) is 0 Å². The number of hydrogen-bond acceptors (Lipinski definition) is 8. The molecule has 0 bridgehead atoms. The van der Waals surface area contributed by atoms with Crippen LogP contribution in [0.2, 0.25) is 18.1 Å². The minimum absolute atomic E-state index is 0.116. The zero-order chi connectivity index (χ0) is 27.5. The van der Waals surface area contributed by atoms with Crippen LogP contribution in [0.3, 0.4) is 0 Å². The molecule has 2 saturated heterocycles. The first-order valence-electron chi connectivity index (χ1n) is 12.5. The Balaban J connectivity index is 1.67. The highest BCUT2D eigenvalue weighted by molar-refractivity contribution is 6.74. The average molecular weight is 540 g/mol. The minimum Gasteiger partial charge on any atom is -0.453 e. The maximum atomic E-state index is 13.1. The molecule has 0 saturated carbocycles. The average Bonchev–Trinajstić information content (AvgIpc) is 2.90. The van der Waals surface area contributed by atoms with E-state index in [4.69, 9.17) is 23.4 Å². The lowest BCUT2D eigenvalue weighted by Crippen LogP contribution is -2.64. The molecule has 2 aromatic rings. The Labute approximate surface area is 222 Å². The maximum absolute atomic E-state index is 13.1. The van der Waals surface area contributed by atoms with Crippen LogP contribution in [-0.4, -0.2) is 57.3 Å². The smallest absolute Gasteiger partial charge is 0.380 e. The second-order valence-electron chi connectivity index (χ2n) is 10.9. The Morgan fingerprint density at radius 3 is 2.26 bits per heavy atom. The normalized spacial score (nSPS) is 27.5. The molecule has 0 aliphatic carbocycles. The highest BCUT2D eigenvalue weighted by Gasteiger charge is 2.54. The molecule has 4 rings (SSSR count). The number of rotatable bonds is 7. The van der Waals surface area contributed by atoms with Crippen LogP contribution in [0.5, 0.6) is 0 Å². The number of benzene rings is 2. The number of nitrogens with zero attached hydrogens (tertiary/aromatic N) is 3. The fourth-order valence-corrected chi connectivity index (χ4v) is 5.23. The monoisotopic (exact) mass is 539 g/mol. The first-order valence-corrected chi connectivity index (χ1v) is 15.4. The van der Waals surface area contributed by atoms with Gasteiger partial charge in [-0.3, -0.25) is 4.79 Å². The van der Waals surface area contributed by atoms with Gasteiger partial charge in [-0.05, 0) is 23.7 Å². The van der Waals surface area contributed by atoms with E-state index in [0.717, 1.165) is 5.56 Å². The van der Waals surface area contributed by atoms with Crippen LogP contribution in [0.4, 0.5) is 0 Å². The topological polar surface area (TPSA) is 129 Å². The molecule has 2 aliphatic rings. The van der Waals surface area contributed by atoms with Crippen LogP contribution in [0, 0.1) is 0 Å². The summed E-state index contributed by atoms with van der Waals surface area (Å²) in [5.41, 5.74) is 10.4. The van der Waals surface area contributed by atoms with E-state index >= 15 is 0 Å². The first kappa shape index (κ1) is 28.0. The lowest BCUT2D eigenvalue weighted by Gasteiger charge is -2.50. The predicted octanol–water partition coefficient (Wildman–Crippen LogP) is 5.32. The summed E-state index contributed by atoms with van der Waals surface area (Å²) >= 11 is 0. The van der Waals surface area contributed by atoms with E-state index in [1.165, 1.54) is 12.1 Å². The van der Waals surface area contributed by atoms with Gasteiger partial charge < -0.3 is 23.4 Å². The zero-order valence-electron chi connectivity index (χ0n) is 22.1. The second-order valence-corrected chi connectivity index (χ2v) is 15.6. The summed E-state index contributed by atoms with van der Waals surface area (Å²) in [7, 11) is -2.43. The number of hydrogen-bond donors (Lipinski definition) is 0. The lowest BCUT2D eigenvalue weighted by atomic mass is 9.96. The van der Waals surface area contributed by atoms with Crippen molar-refractivity contribution < 1.29 is 33.0 Å². The maximum Gasteiger partial charge on any atom is 0.380 e. The van der Waals surface area contributed by atoms with Gasteiger partial charge >= 0.3 is 5.97 Å². The van der Waals surface area contributed by atoms with Crippen molar-refractivity contribution in [2.75, 3.05) is 6.61 Å². The van der Waals surface area contributed by atoms with Crippen molar-refractivity contribution in [2.24, 2.45) is 5.11 Å². The fraction of sp³-hybridized carbons (Fsp3) is 0.481. The number of carbonyl (C=O) groups is 2. The number of fused-ring (bicyclic) bond motifs is 1. The Morgan fingerprint density at radius 2 is 1.66 bits per heavy atom. The van der Waals surface area contributed by atoms with Crippen molar-refractivity contribution in [3.8, 4) is 0 Å². The van der Waals surface area contributed by atoms with Gasteiger partial charge in [0.1, 0.15) is 24.4 Å². The van der Waals surface area contributed by atoms with E-state index in [1.54, 1.807) is 18.2 Å². The van der Waals surface area contributed by atoms with E-state index in [2.05, 4.69) is 30.8 Å². The number of azide groups is 1. The number of esters is 1. The third kappa shape index (κ3) is 5.99. The van der Waals surface area contributed by atoms with E-state index < -0.39 is 57.0 Å². The molecule has 38 heavy (non-hydrogen) atoms. The van der Waals surface area contributed by atoms with Gasteiger partial charge in [-0.1, -0.05) is 86.5 Å². The SMILES string of the molecule is CC(C)(C)[Si](C)(C)OC1OC2COC(c3ccccc3)OC2[C@H](OC(=O)C(=O)c2ccccc2)[C@@H]1N=[N+]=[N-]. The standard InChI is InChI=1S/C27H33N3O7Si/c1-27(2,3)38(4,5)37-26-20(29-30-28)23(35-24(32)21(31)17-12-8-6-9-13-17)22-19(34-26)16-33-25(36-22)18-14-10-7-11-15-18/h6-15,19-20,22-23,25-26H,16H2,1-5H3/t19?,20-,22?,23+,25?,26?/m0/s1. The summed E-state index contributed by atoms with van der Waals surface area (Å²) in [4.78, 5) is 28.9. The molecule has 4 unspecified atom stereocenters. The Bertz CT molecular complexity index is 1180. The third-order valence-corrected chi connectivity index (χ3v) is 11.7. The largest absolute Gasteiger partial charge is 0.453 e. The molecular formula is C27H33N3O7Si. The summed E-state index contributed by atoms with van der Waals surface area (Å²) in [6.07, 6.45) is -4.53. The van der Waals surface area contributed by atoms with Gasteiger partial charge in [-0.2, -0.15) is 0 Å². The van der Waals surface area contributed by atoms with Crippen LogP contribution in [0.15, 0.2) is 65.8 Å². The third-order valence-electron chi connectivity index (χ3n) is 7.25. The second kappa shape index (κ2) is 11.4. The Kier molecular flexibility index (Phi) is 8.36. The van der Waals surface area contributed by atoms with E-state index in [0.29, 0.717) is 0 Å². The number of ether oxygens (including phenoxy) is 4. The predicted molar refractivity (Wildman–Crippen MR) is 141 cm³/mol. The molecule has 2 fully saturated rings. The van der Waals surface area contributed by atoms with Crippen molar-refractivity contribution in [3.05, 3.63) is 82.2 Å². The summed E-state index contributed by atoms with van der Waals surface area (Å²) in [6.45, 7) is 10.4. The number of carbonyl (C=O) groups excluding carboxylic acids is 2. The number of Topliss-reactive ketones (excluding diaryl/α,β-unsaturated/α-hetero) is 1. The van der Waals surface area contributed by atoms with Crippen molar-refractivity contribution in [1.82, 2.24) is 0 Å². The highest BCUT2D eigenvalue weighted by Crippen LogP contribution is 2.42. The molecule has 0 N–H and O–H groups in total. The van der Waals surface area contributed by atoms with Crippen LogP contribution < -0.4 is 0 Å². The van der Waals surface area contributed by atoms with Crippen molar-refractivity contribution >= 4 is 20.1 Å². The molecule has 0 spiro atoms. The number of ketones is 1. The van der Waals surface area contributed by atoms with Crippen LogP contribution in [0.25, 0.3) is 10.4 Å². The van der Waals surface area contributed by atoms with Crippen molar-refractivity contribution in [3.63, 3.8) is 0 Å². The van der Waals surface area contributed by atoms with Gasteiger partial charge in [0.15, 0.2) is 20.9 Å². The molecule has 0 amide bonds. The molecule has 11 heteroatoms. The first-order chi connectivity index (χ1) is 18.0. The van der Waals surface area contributed by atoms with Gasteiger partial charge in [0.25, 0.3) is 5.78 Å². The van der Waals surface area contributed by atoms with Crippen LogP contribution >= 0.6 is 0 Å². The minimum atomic E-state index is -2.43. The van der Waals surface area contributed by atoms with E-state index in [9.17, 15) is 15.1 Å². The van der Waals surface area contributed by atoms with Crippen molar-refractivity contribution in [2.45, 2.75) is 75.8 Å². The van der Waals surface area contributed by atoms with Crippen LogP contribution in [0.1, 0.15) is 43.0 Å². The van der Waals surface area contributed by atoms with E-state index in [-0.39, 0.29) is 17.2 Å². The van der Waals surface area contributed by atoms with Crippen molar-refractivity contribution in [1.29, 1.82) is 0 Å². The van der Waals surface area contributed by atoms with Gasteiger partial charge in [-0.15, -0.1) is 0 Å². The van der Waals surface area contributed by atoms with Gasteiger partial charge in [0, 0.05) is 16.0 Å². The molecule has 0 radical (unpaired) electrons. The molecule has 6 atom stereocenters. The summed E-state index contributed by atoms with van der Waals surface area (Å²) < 4.78 is 30.7. The summed E-state index contributed by atoms with van der Waals surface area (Å²) in [5, 5.41) is 3.75. The Morgan fingerprint density at radius 1 is 1.03 bits per heavy atom. The lowest BCUT2D eigenvalue weighted by molar-refractivity contribution is -0.333.